The molecule has 1 aromatic heterocycles. The van der Waals surface area contributed by atoms with Crippen LogP contribution in [-0.4, -0.2) is 27.4 Å². The quantitative estimate of drug-likeness (QED) is 0.738. The van der Waals surface area contributed by atoms with Gasteiger partial charge in [-0.3, -0.25) is 0 Å². The van der Waals surface area contributed by atoms with Crippen molar-refractivity contribution in [3.8, 4) is 0 Å². The molecule has 0 amide bonds. The second-order valence-electron chi connectivity index (χ2n) is 3.32. The zero-order valence-electron chi connectivity index (χ0n) is 6.82. The Morgan fingerprint density at radius 3 is 2.85 bits per heavy atom. The van der Waals surface area contributed by atoms with Gasteiger partial charge in [-0.05, 0) is 18.5 Å². The molecule has 1 fully saturated rings. The lowest BCUT2D eigenvalue weighted by Crippen LogP contribution is -2.06. The van der Waals surface area contributed by atoms with Gasteiger partial charge in [-0.25, -0.2) is 9.18 Å². The van der Waals surface area contributed by atoms with Crippen LogP contribution in [0.25, 0.3) is 0 Å². The lowest BCUT2D eigenvalue weighted by atomic mass is 10.1. The number of carboxylic acids is 1. The molecular weight excluding hydrogens is 179 g/mol. The van der Waals surface area contributed by atoms with Crippen LogP contribution in [0.5, 0.6) is 0 Å². The Labute approximate surface area is 72.6 Å². The second kappa shape index (κ2) is 2.27. The fourth-order valence-corrected chi connectivity index (χ4v) is 1.08. The number of hydrogen-bond donors (Lipinski definition) is 1. The third kappa shape index (κ3) is 1.09. The van der Waals surface area contributed by atoms with Crippen LogP contribution in [0.4, 0.5) is 4.39 Å². The van der Waals surface area contributed by atoms with Crippen molar-refractivity contribution in [2.75, 3.05) is 0 Å². The molecule has 1 aliphatic rings. The van der Waals surface area contributed by atoms with E-state index < -0.39 is 23.4 Å². The lowest BCUT2D eigenvalue weighted by Gasteiger charge is -1.97. The number of carboxylic acid groups (broad SMARTS) is 1. The molecule has 0 spiro atoms. The Hall–Kier alpha value is -1.46. The smallest absolute Gasteiger partial charge is 0.377 e. The van der Waals surface area contributed by atoms with Gasteiger partial charge in [-0.1, -0.05) is 0 Å². The highest BCUT2D eigenvalue weighted by molar-refractivity contribution is 5.82. The van der Waals surface area contributed by atoms with E-state index >= 15 is 0 Å². The van der Waals surface area contributed by atoms with Gasteiger partial charge in [0.1, 0.15) is 6.17 Å². The summed E-state index contributed by atoms with van der Waals surface area (Å²) in [5, 5.41) is 11.7. The van der Waals surface area contributed by atoms with Crippen LogP contribution in [0.1, 0.15) is 29.9 Å². The van der Waals surface area contributed by atoms with Crippen LogP contribution < -0.4 is 0 Å². The summed E-state index contributed by atoms with van der Waals surface area (Å²) in [5.74, 6) is -1.62. The summed E-state index contributed by atoms with van der Waals surface area (Å²) in [6.45, 7) is 1.62. The minimum absolute atomic E-state index is 0.0670. The molecule has 6 heteroatoms. The van der Waals surface area contributed by atoms with Gasteiger partial charge in [0, 0.05) is 0 Å². The molecule has 0 radical (unpaired) electrons. The monoisotopic (exact) mass is 186 g/mol. The van der Waals surface area contributed by atoms with Crippen molar-refractivity contribution >= 4 is 5.97 Å². The third-order valence-corrected chi connectivity index (χ3v) is 2.24. The van der Waals surface area contributed by atoms with E-state index in [2.05, 4.69) is 14.7 Å². The Bertz CT molecular complexity index is 364. The van der Waals surface area contributed by atoms with E-state index in [-0.39, 0.29) is 5.89 Å². The number of aromatic nitrogens is 2. The molecule has 13 heavy (non-hydrogen) atoms. The molecule has 5 nitrogen and oxygen atoms in total. The van der Waals surface area contributed by atoms with Crippen LogP contribution >= 0.6 is 0 Å². The van der Waals surface area contributed by atoms with E-state index in [0.29, 0.717) is 6.42 Å². The van der Waals surface area contributed by atoms with Gasteiger partial charge in [-0.2, -0.15) is 4.98 Å². The van der Waals surface area contributed by atoms with E-state index in [9.17, 15) is 9.18 Å². The highest BCUT2D eigenvalue weighted by atomic mass is 19.1. The van der Waals surface area contributed by atoms with Crippen molar-refractivity contribution in [3.63, 3.8) is 0 Å². The van der Waals surface area contributed by atoms with E-state index in [1.807, 2.05) is 0 Å². The number of halogens is 1. The van der Waals surface area contributed by atoms with E-state index in [1.165, 1.54) is 0 Å². The van der Waals surface area contributed by atoms with Gasteiger partial charge in [0.2, 0.25) is 5.89 Å². The summed E-state index contributed by atoms with van der Waals surface area (Å²) in [5.41, 5.74) is -0.763. The molecule has 1 N–H and O–H groups in total. The topological polar surface area (TPSA) is 76.2 Å². The molecule has 1 aromatic rings. The second-order valence-corrected chi connectivity index (χ2v) is 3.32. The number of carbonyl (C=O) groups is 1. The number of aromatic carboxylic acids is 1. The molecule has 1 heterocycles. The van der Waals surface area contributed by atoms with Crippen LogP contribution in [0, 0.1) is 0 Å². The highest BCUT2D eigenvalue weighted by Crippen LogP contribution is 2.49. The van der Waals surface area contributed by atoms with E-state index in [0.717, 1.165) is 0 Å². The highest BCUT2D eigenvalue weighted by Gasteiger charge is 2.57. The first-order valence-electron chi connectivity index (χ1n) is 3.75. The van der Waals surface area contributed by atoms with Crippen LogP contribution in [0.15, 0.2) is 4.52 Å². The summed E-state index contributed by atoms with van der Waals surface area (Å²) in [4.78, 5) is 13.9. The van der Waals surface area contributed by atoms with Crippen LogP contribution in [0.2, 0.25) is 0 Å². The van der Waals surface area contributed by atoms with Crippen molar-refractivity contribution < 1.29 is 18.8 Å². The van der Waals surface area contributed by atoms with Crippen LogP contribution in [0.3, 0.4) is 0 Å². The molecule has 0 aromatic carbocycles. The lowest BCUT2D eigenvalue weighted by molar-refractivity contribution is 0.0680. The molecule has 70 valence electrons. The first kappa shape index (κ1) is 8.15. The fraction of sp³-hybridized carbons (Fsp3) is 0.571. The maximum Gasteiger partial charge on any atom is 0.377 e. The minimum atomic E-state index is -1.27. The standard InChI is InChI=1S/C7H7FN2O3/c1-7(2-3(7)8)6-9-4(5(11)12)10-13-6/h3H,2H2,1H3,(H,11,12). The van der Waals surface area contributed by atoms with E-state index in [4.69, 9.17) is 5.11 Å². The molecule has 2 rings (SSSR count). The van der Waals surface area contributed by atoms with Crippen molar-refractivity contribution in [2.45, 2.75) is 24.9 Å². The van der Waals surface area contributed by atoms with Crippen molar-refractivity contribution in [1.82, 2.24) is 10.1 Å². The average molecular weight is 186 g/mol. The van der Waals surface area contributed by atoms with Crippen molar-refractivity contribution in [2.24, 2.45) is 0 Å². The number of rotatable bonds is 2. The number of alkyl halides is 1. The zero-order chi connectivity index (χ0) is 9.64. The number of nitrogens with zero attached hydrogens (tertiary/aromatic N) is 2. The van der Waals surface area contributed by atoms with Crippen molar-refractivity contribution in [1.29, 1.82) is 0 Å². The Morgan fingerprint density at radius 1 is 1.85 bits per heavy atom. The molecule has 1 aliphatic carbocycles. The Kier molecular flexibility index (Phi) is 1.43. The normalized spacial score (nSPS) is 31.7. The van der Waals surface area contributed by atoms with E-state index in [1.54, 1.807) is 6.92 Å². The SMILES string of the molecule is CC1(c2nc(C(=O)O)no2)CC1F. The molecule has 0 bridgehead atoms. The molecule has 2 atom stereocenters. The van der Waals surface area contributed by atoms with Crippen LogP contribution in [-0.2, 0) is 5.41 Å². The van der Waals surface area contributed by atoms with Gasteiger partial charge in [0.05, 0.1) is 5.41 Å². The maximum atomic E-state index is 12.8. The number of hydrogen-bond acceptors (Lipinski definition) is 4. The fourth-order valence-electron chi connectivity index (χ4n) is 1.08. The summed E-state index contributed by atoms with van der Waals surface area (Å²) >= 11 is 0. The van der Waals surface area contributed by atoms with Gasteiger partial charge in [-0.15, -0.1) is 0 Å². The molecule has 0 saturated heterocycles. The first-order chi connectivity index (χ1) is 6.04. The van der Waals surface area contributed by atoms with Gasteiger partial charge in [0.25, 0.3) is 5.82 Å². The Balaban J connectivity index is 2.29. The largest absolute Gasteiger partial charge is 0.475 e. The zero-order valence-corrected chi connectivity index (χ0v) is 6.82. The Morgan fingerprint density at radius 2 is 2.46 bits per heavy atom. The predicted octanol–water partition coefficient (Wildman–Crippen LogP) is 0.767. The molecule has 1 saturated carbocycles. The minimum Gasteiger partial charge on any atom is -0.475 e. The summed E-state index contributed by atoms with van der Waals surface area (Å²) in [7, 11) is 0. The molecule has 2 unspecified atom stereocenters. The molecule has 0 aliphatic heterocycles. The third-order valence-electron chi connectivity index (χ3n) is 2.24. The summed E-state index contributed by atoms with van der Waals surface area (Å²) < 4.78 is 17.4. The maximum absolute atomic E-state index is 12.8. The first-order valence-corrected chi connectivity index (χ1v) is 3.75. The predicted molar refractivity (Wildman–Crippen MR) is 38.1 cm³/mol. The van der Waals surface area contributed by atoms with Crippen molar-refractivity contribution in [3.05, 3.63) is 11.7 Å². The summed E-state index contributed by atoms with van der Waals surface area (Å²) in [6, 6.07) is 0. The van der Waals surface area contributed by atoms with Gasteiger partial charge >= 0.3 is 5.97 Å². The summed E-state index contributed by atoms with van der Waals surface area (Å²) in [6.07, 6.45) is -0.691. The van der Waals surface area contributed by atoms with Gasteiger partial charge in [0.15, 0.2) is 0 Å². The van der Waals surface area contributed by atoms with Gasteiger partial charge < -0.3 is 9.63 Å². The average Bonchev–Trinajstić information content (AvgIpc) is 2.55. The molecular formula is C7H7FN2O3.